The van der Waals surface area contributed by atoms with E-state index in [1.54, 1.807) is 43.1 Å². The first-order valence-electron chi connectivity index (χ1n) is 5.03. The highest BCUT2D eigenvalue weighted by Crippen LogP contribution is 2.28. The van der Waals surface area contributed by atoms with E-state index in [2.05, 4.69) is 5.10 Å². The molecule has 0 atom stereocenters. The third-order valence-electron chi connectivity index (χ3n) is 2.43. The fraction of sp³-hybridized carbons (Fsp3) is 0.167. The average molecular weight is 232 g/mol. The molecule has 5 heteroatoms. The van der Waals surface area contributed by atoms with E-state index in [4.69, 9.17) is 9.84 Å². The lowest BCUT2D eigenvalue weighted by Crippen LogP contribution is -1.95. The van der Waals surface area contributed by atoms with Crippen LogP contribution in [0.2, 0.25) is 0 Å². The lowest BCUT2D eigenvalue weighted by Gasteiger charge is -2.01. The zero-order chi connectivity index (χ0) is 12.4. The average Bonchev–Trinajstić information content (AvgIpc) is 2.70. The van der Waals surface area contributed by atoms with Gasteiger partial charge in [0.2, 0.25) is 5.88 Å². The summed E-state index contributed by atoms with van der Waals surface area (Å²) in [4.78, 5) is 10.7. The van der Waals surface area contributed by atoms with Crippen LogP contribution < -0.4 is 4.74 Å². The lowest BCUT2D eigenvalue weighted by molar-refractivity contribution is 0.0697. The van der Waals surface area contributed by atoms with Gasteiger partial charge in [0.05, 0.1) is 18.2 Å². The molecular formula is C12H12N2O3. The highest BCUT2D eigenvalue weighted by atomic mass is 16.5. The molecule has 0 saturated carbocycles. The highest BCUT2D eigenvalue weighted by molar-refractivity contribution is 5.88. The number of carboxylic acid groups (broad SMARTS) is 1. The lowest BCUT2D eigenvalue weighted by atomic mass is 10.1. The minimum absolute atomic E-state index is 0.261. The van der Waals surface area contributed by atoms with E-state index in [1.165, 1.54) is 0 Å². The molecule has 0 bridgehead atoms. The molecule has 0 fully saturated rings. The quantitative estimate of drug-likeness (QED) is 0.876. The molecule has 0 aliphatic rings. The Labute approximate surface area is 98.3 Å². The van der Waals surface area contributed by atoms with Gasteiger partial charge in [-0.2, -0.15) is 0 Å². The van der Waals surface area contributed by atoms with Crippen LogP contribution in [0.5, 0.6) is 5.88 Å². The number of carbonyl (C=O) groups is 1. The van der Waals surface area contributed by atoms with Gasteiger partial charge in [-0.1, -0.05) is 12.1 Å². The van der Waals surface area contributed by atoms with Crippen molar-refractivity contribution in [1.82, 2.24) is 9.78 Å². The molecule has 2 aromatic rings. The Morgan fingerprint density at radius 3 is 2.53 bits per heavy atom. The molecule has 0 radical (unpaired) electrons. The Hall–Kier alpha value is -2.30. The van der Waals surface area contributed by atoms with Crippen LogP contribution in [0.3, 0.4) is 0 Å². The van der Waals surface area contributed by atoms with Crippen LogP contribution >= 0.6 is 0 Å². The molecule has 88 valence electrons. The maximum Gasteiger partial charge on any atom is 0.335 e. The second kappa shape index (κ2) is 4.29. The van der Waals surface area contributed by atoms with Gasteiger partial charge < -0.3 is 9.84 Å². The van der Waals surface area contributed by atoms with Crippen molar-refractivity contribution in [3.05, 3.63) is 36.0 Å². The summed E-state index contributed by atoms with van der Waals surface area (Å²) in [5.74, 6) is -0.412. The molecule has 0 saturated heterocycles. The molecule has 1 N–H and O–H groups in total. The van der Waals surface area contributed by atoms with E-state index in [9.17, 15) is 4.79 Å². The third kappa shape index (κ3) is 2.13. The number of hydrogen-bond acceptors (Lipinski definition) is 3. The van der Waals surface area contributed by atoms with Gasteiger partial charge in [0, 0.05) is 13.2 Å². The zero-order valence-corrected chi connectivity index (χ0v) is 9.54. The molecule has 0 aliphatic carbocycles. The number of carboxylic acids is 1. The van der Waals surface area contributed by atoms with Crippen LogP contribution in [0.4, 0.5) is 0 Å². The summed E-state index contributed by atoms with van der Waals surface area (Å²) < 4.78 is 6.80. The van der Waals surface area contributed by atoms with Crippen LogP contribution in [0.25, 0.3) is 11.1 Å². The molecule has 2 rings (SSSR count). The van der Waals surface area contributed by atoms with Gasteiger partial charge in [-0.3, -0.25) is 4.68 Å². The Kier molecular flexibility index (Phi) is 2.82. The molecule has 17 heavy (non-hydrogen) atoms. The summed E-state index contributed by atoms with van der Waals surface area (Å²) in [6.45, 7) is 0. The van der Waals surface area contributed by atoms with Crippen LogP contribution in [-0.4, -0.2) is 28.0 Å². The van der Waals surface area contributed by atoms with Gasteiger partial charge in [-0.15, -0.1) is 5.10 Å². The molecule has 1 aromatic heterocycles. The van der Waals surface area contributed by atoms with E-state index in [0.717, 1.165) is 11.1 Å². The number of aromatic carboxylic acids is 1. The first kappa shape index (κ1) is 11.2. The normalized spacial score (nSPS) is 10.2. The number of rotatable bonds is 3. The van der Waals surface area contributed by atoms with Crippen molar-refractivity contribution in [1.29, 1.82) is 0 Å². The van der Waals surface area contributed by atoms with Gasteiger partial charge in [0.25, 0.3) is 0 Å². The number of aromatic nitrogens is 2. The zero-order valence-electron chi connectivity index (χ0n) is 9.54. The minimum Gasteiger partial charge on any atom is -0.479 e. The van der Waals surface area contributed by atoms with E-state index in [-0.39, 0.29) is 5.56 Å². The Balaban J connectivity index is 2.42. The predicted molar refractivity (Wildman–Crippen MR) is 62.2 cm³/mol. The Bertz CT molecular complexity index is 543. The molecule has 1 heterocycles. The van der Waals surface area contributed by atoms with Crippen molar-refractivity contribution >= 4 is 5.97 Å². The van der Waals surface area contributed by atoms with Gasteiger partial charge in [-0.25, -0.2) is 4.79 Å². The largest absolute Gasteiger partial charge is 0.479 e. The van der Waals surface area contributed by atoms with Crippen molar-refractivity contribution in [2.45, 2.75) is 0 Å². The standard InChI is InChI=1S/C12H12N2O3/c1-14-7-10(11(13-14)17-2)8-3-5-9(6-4-8)12(15)16/h3-7H,1-2H3,(H,15,16). The maximum atomic E-state index is 10.7. The van der Waals surface area contributed by atoms with E-state index < -0.39 is 5.97 Å². The number of benzene rings is 1. The summed E-state index contributed by atoms with van der Waals surface area (Å²) in [5, 5.41) is 13.0. The molecule has 0 unspecified atom stereocenters. The van der Waals surface area contributed by atoms with Crippen LogP contribution in [0.15, 0.2) is 30.5 Å². The van der Waals surface area contributed by atoms with Gasteiger partial charge >= 0.3 is 5.97 Å². The number of ether oxygens (including phenoxy) is 1. The monoisotopic (exact) mass is 232 g/mol. The maximum absolute atomic E-state index is 10.7. The molecular weight excluding hydrogens is 220 g/mol. The molecule has 0 aliphatic heterocycles. The predicted octanol–water partition coefficient (Wildman–Crippen LogP) is 1.79. The molecule has 5 nitrogen and oxygen atoms in total. The Morgan fingerprint density at radius 2 is 2.00 bits per heavy atom. The van der Waals surface area contributed by atoms with Crippen molar-refractivity contribution in [3.63, 3.8) is 0 Å². The molecule has 0 spiro atoms. The number of aryl methyl sites for hydroxylation is 1. The van der Waals surface area contributed by atoms with Crippen LogP contribution in [-0.2, 0) is 7.05 Å². The second-order valence-corrected chi connectivity index (χ2v) is 3.61. The number of nitrogens with zero attached hydrogens (tertiary/aromatic N) is 2. The fourth-order valence-electron chi connectivity index (χ4n) is 1.61. The van der Waals surface area contributed by atoms with Crippen molar-refractivity contribution in [2.24, 2.45) is 7.05 Å². The number of methoxy groups -OCH3 is 1. The van der Waals surface area contributed by atoms with Gasteiger partial charge in [0.1, 0.15) is 0 Å². The molecule has 1 aromatic carbocycles. The fourth-order valence-corrected chi connectivity index (χ4v) is 1.61. The van der Waals surface area contributed by atoms with E-state index in [1.807, 2.05) is 6.20 Å². The summed E-state index contributed by atoms with van der Waals surface area (Å²) in [5.41, 5.74) is 1.98. The summed E-state index contributed by atoms with van der Waals surface area (Å²) >= 11 is 0. The smallest absolute Gasteiger partial charge is 0.335 e. The van der Waals surface area contributed by atoms with E-state index in [0.29, 0.717) is 5.88 Å². The summed E-state index contributed by atoms with van der Waals surface area (Å²) in [6, 6.07) is 6.60. The van der Waals surface area contributed by atoms with Gasteiger partial charge in [0.15, 0.2) is 0 Å². The second-order valence-electron chi connectivity index (χ2n) is 3.61. The summed E-state index contributed by atoms with van der Waals surface area (Å²) in [6.07, 6.45) is 1.83. The first-order valence-corrected chi connectivity index (χ1v) is 5.03. The van der Waals surface area contributed by atoms with E-state index >= 15 is 0 Å². The first-order chi connectivity index (χ1) is 8.11. The topological polar surface area (TPSA) is 64.4 Å². The third-order valence-corrected chi connectivity index (χ3v) is 2.43. The highest BCUT2D eigenvalue weighted by Gasteiger charge is 2.10. The van der Waals surface area contributed by atoms with Crippen molar-refractivity contribution < 1.29 is 14.6 Å². The minimum atomic E-state index is -0.935. The molecule has 0 amide bonds. The SMILES string of the molecule is COc1nn(C)cc1-c1ccc(C(=O)O)cc1. The van der Waals surface area contributed by atoms with Crippen LogP contribution in [0.1, 0.15) is 10.4 Å². The van der Waals surface area contributed by atoms with Gasteiger partial charge in [-0.05, 0) is 17.7 Å². The summed E-state index contributed by atoms with van der Waals surface area (Å²) in [7, 11) is 3.36. The Morgan fingerprint density at radius 1 is 1.35 bits per heavy atom. The van der Waals surface area contributed by atoms with Crippen molar-refractivity contribution in [3.8, 4) is 17.0 Å². The van der Waals surface area contributed by atoms with Crippen molar-refractivity contribution in [2.75, 3.05) is 7.11 Å². The van der Waals surface area contributed by atoms with Crippen LogP contribution in [0, 0.1) is 0 Å². The number of hydrogen-bond donors (Lipinski definition) is 1.